The predicted molar refractivity (Wildman–Crippen MR) is 53.9 cm³/mol. The molecule has 0 unspecified atom stereocenters. The fourth-order valence-electron chi connectivity index (χ4n) is 1.51. The molecule has 0 saturated heterocycles. The maximum absolute atomic E-state index is 12.8. The van der Waals surface area contributed by atoms with Crippen molar-refractivity contribution in [2.75, 3.05) is 5.32 Å². The Balaban J connectivity index is 2.00. The van der Waals surface area contributed by atoms with Crippen LogP contribution in [-0.2, 0) is 4.79 Å². The van der Waals surface area contributed by atoms with Gasteiger partial charge in [0.05, 0.1) is 0 Å². The Morgan fingerprint density at radius 3 is 2.65 bits per heavy atom. The average molecular weight is 242 g/mol. The minimum atomic E-state index is -1.08. The summed E-state index contributed by atoms with van der Waals surface area (Å²) in [6.07, 6.45) is 0.183. The molecule has 2 rings (SSSR count). The highest BCUT2D eigenvalue weighted by molar-refractivity contribution is 5.94. The van der Waals surface area contributed by atoms with Gasteiger partial charge in [0, 0.05) is 23.1 Å². The third-order valence-corrected chi connectivity index (χ3v) is 2.55. The van der Waals surface area contributed by atoms with Crippen LogP contribution in [0.3, 0.4) is 0 Å². The molecule has 17 heavy (non-hydrogen) atoms. The van der Waals surface area contributed by atoms with Gasteiger partial charge in [0.25, 0.3) is 0 Å². The lowest BCUT2D eigenvalue weighted by Gasteiger charge is -2.03. The van der Waals surface area contributed by atoms with E-state index in [1.165, 1.54) is 6.07 Å². The number of nitrogens with one attached hydrogen (secondary N) is 1. The van der Waals surface area contributed by atoms with Crippen LogP contribution in [0.25, 0.3) is 0 Å². The van der Waals surface area contributed by atoms with Gasteiger partial charge >= 0.3 is 0 Å². The molecule has 0 spiro atoms. The smallest absolute Gasteiger partial charge is 0.234 e. The molecule has 0 aliphatic heterocycles. The Morgan fingerprint density at radius 1 is 1.41 bits per heavy atom. The fourth-order valence-corrected chi connectivity index (χ4v) is 1.51. The van der Waals surface area contributed by atoms with Gasteiger partial charge in [0.1, 0.15) is 5.92 Å². The number of nitro groups is 1. The average Bonchev–Trinajstić information content (AvgIpc) is 3.03. The number of anilines is 1. The molecule has 0 bridgehead atoms. The molecule has 1 saturated carbocycles. The Bertz CT molecular complexity index is 492. The molecule has 1 aromatic rings. The first-order valence-electron chi connectivity index (χ1n) is 4.88. The Kier molecular flexibility index (Phi) is 2.74. The third-order valence-electron chi connectivity index (χ3n) is 2.55. The Hall–Kier alpha value is -2.05. The molecular formula is C10H8F2N2O3. The van der Waals surface area contributed by atoms with Gasteiger partial charge in [-0.25, -0.2) is 8.78 Å². The summed E-state index contributed by atoms with van der Waals surface area (Å²) in [6.45, 7) is 0. The monoisotopic (exact) mass is 242 g/mol. The zero-order valence-corrected chi connectivity index (χ0v) is 8.52. The second-order valence-corrected chi connectivity index (χ2v) is 3.81. The fraction of sp³-hybridized carbons (Fsp3) is 0.300. The molecule has 90 valence electrons. The summed E-state index contributed by atoms with van der Waals surface area (Å²) in [5.74, 6) is -3.32. The van der Waals surface area contributed by atoms with Crippen LogP contribution in [0.5, 0.6) is 0 Å². The quantitative estimate of drug-likeness (QED) is 0.645. The van der Waals surface area contributed by atoms with Crippen molar-refractivity contribution >= 4 is 11.6 Å². The lowest BCUT2D eigenvalue weighted by Crippen LogP contribution is -2.18. The van der Waals surface area contributed by atoms with Gasteiger partial charge in [0.15, 0.2) is 11.6 Å². The molecule has 1 aliphatic rings. The van der Waals surface area contributed by atoms with Gasteiger partial charge < -0.3 is 5.32 Å². The molecule has 7 heteroatoms. The van der Waals surface area contributed by atoms with Crippen LogP contribution in [-0.4, -0.2) is 16.9 Å². The molecule has 0 radical (unpaired) electrons. The summed E-state index contributed by atoms with van der Waals surface area (Å²) in [5, 5.41) is 12.7. The third kappa shape index (κ3) is 2.38. The zero-order chi connectivity index (χ0) is 12.6. The van der Waals surface area contributed by atoms with E-state index < -0.39 is 34.4 Å². The number of rotatable bonds is 3. The molecule has 1 amide bonds. The molecule has 1 fully saturated rings. The standard InChI is InChI=1S/C10H8F2N2O3/c11-7-2-1-5(3-8(7)12)13-10(15)6-4-9(6)14(16)17/h1-3,6,9H,4H2,(H,13,15)/t6-,9-/m0/s1. The van der Waals surface area contributed by atoms with E-state index in [-0.39, 0.29) is 12.1 Å². The zero-order valence-electron chi connectivity index (χ0n) is 8.52. The topological polar surface area (TPSA) is 72.2 Å². The molecule has 1 aromatic carbocycles. The van der Waals surface area contributed by atoms with E-state index in [1.807, 2.05) is 0 Å². The summed E-state index contributed by atoms with van der Waals surface area (Å²) in [5.41, 5.74) is 0.0860. The maximum atomic E-state index is 12.8. The van der Waals surface area contributed by atoms with Crippen molar-refractivity contribution in [3.8, 4) is 0 Å². The molecular weight excluding hydrogens is 234 g/mol. The van der Waals surface area contributed by atoms with E-state index in [4.69, 9.17) is 0 Å². The number of amides is 1. The first-order chi connectivity index (χ1) is 7.99. The van der Waals surface area contributed by atoms with Crippen LogP contribution in [0, 0.1) is 27.7 Å². The van der Waals surface area contributed by atoms with E-state index in [0.717, 1.165) is 12.1 Å². The lowest BCUT2D eigenvalue weighted by atomic mass is 10.3. The van der Waals surface area contributed by atoms with Crippen LogP contribution in [0.15, 0.2) is 18.2 Å². The van der Waals surface area contributed by atoms with Gasteiger partial charge in [-0.2, -0.15) is 0 Å². The molecule has 0 heterocycles. The van der Waals surface area contributed by atoms with Crippen molar-refractivity contribution in [3.63, 3.8) is 0 Å². The summed E-state index contributed by atoms with van der Waals surface area (Å²) in [6, 6.07) is 2.04. The summed E-state index contributed by atoms with van der Waals surface area (Å²) < 4.78 is 25.4. The SMILES string of the molecule is O=C(Nc1ccc(F)c(F)c1)[C@H]1C[C@@H]1[N+](=O)[O-]. The van der Waals surface area contributed by atoms with Crippen molar-refractivity contribution in [3.05, 3.63) is 39.9 Å². The highest BCUT2D eigenvalue weighted by atomic mass is 19.2. The van der Waals surface area contributed by atoms with E-state index >= 15 is 0 Å². The van der Waals surface area contributed by atoms with Crippen LogP contribution in [0.2, 0.25) is 0 Å². The number of benzene rings is 1. The number of halogens is 2. The van der Waals surface area contributed by atoms with Gasteiger partial charge in [-0.3, -0.25) is 14.9 Å². The van der Waals surface area contributed by atoms with Crippen LogP contribution in [0.4, 0.5) is 14.5 Å². The van der Waals surface area contributed by atoms with Crippen molar-refractivity contribution in [1.29, 1.82) is 0 Å². The van der Waals surface area contributed by atoms with E-state index in [9.17, 15) is 23.7 Å². The van der Waals surface area contributed by atoms with Crippen LogP contribution < -0.4 is 5.32 Å². The van der Waals surface area contributed by atoms with Gasteiger partial charge in [0.2, 0.25) is 11.9 Å². The van der Waals surface area contributed by atoms with Crippen molar-refractivity contribution in [2.45, 2.75) is 12.5 Å². The first-order valence-corrected chi connectivity index (χ1v) is 4.88. The van der Waals surface area contributed by atoms with Crippen LogP contribution in [0.1, 0.15) is 6.42 Å². The highest BCUT2D eigenvalue weighted by Crippen LogP contribution is 2.34. The molecule has 2 atom stereocenters. The first kappa shape index (κ1) is 11.4. The number of nitrogens with zero attached hydrogens (tertiary/aromatic N) is 1. The lowest BCUT2D eigenvalue weighted by molar-refractivity contribution is -0.497. The number of hydrogen-bond donors (Lipinski definition) is 1. The highest BCUT2D eigenvalue weighted by Gasteiger charge is 2.53. The number of carbonyl (C=O) groups excluding carboxylic acids is 1. The predicted octanol–water partition coefficient (Wildman–Crippen LogP) is 1.57. The second kappa shape index (κ2) is 4.08. The van der Waals surface area contributed by atoms with Crippen molar-refractivity contribution in [2.24, 2.45) is 5.92 Å². The number of hydrogen-bond acceptors (Lipinski definition) is 3. The normalized spacial score (nSPS) is 22.0. The van der Waals surface area contributed by atoms with Crippen LogP contribution >= 0.6 is 0 Å². The minimum Gasteiger partial charge on any atom is -0.326 e. The second-order valence-electron chi connectivity index (χ2n) is 3.81. The summed E-state index contributed by atoms with van der Waals surface area (Å²) in [7, 11) is 0. The Morgan fingerprint density at radius 2 is 2.12 bits per heavy atom. The molecule has 1 N–H and O–H groups in total. The van der Waals surface area contributed by atoms with E-state index in [0.29, 0.717) is 0 Å². The Labute approximate surface area is 94.6 Å². The van der Waals surface area contributed by atoms with Crippen molar-refractivity contribution < 1.29 is 18.5 Å². The minimum absolute atomic E-state index is 0.0860. The van der Waals surface area contributed by atoms with Gasteiger partial charge in [-0.1, -0.05) is 0 Å². The van der Waals surface area contributed by atoms with Gasteiger partial charge in [-0.15, -0.1) is 0 Å². The number of carbonyl (C=O) groups is 1. The largest absolute Gasteiger partial charge is 0.326 e. The molecule has 1 aliphatic carbocycles. The van der Waals surface area contributed by atoms with E-state index in [2.05, 4.69) is 5.32 Å². The maximum Gasteiger partial charge on any atom is 0.234 e. The van der Waals surface area contributed by atoms with Crippen molar-refractivity contribution in [1.82, 2.24) is 0 Å². The molecule has 5 nitrogen and oxygen atoms in total. The summed E-state index contributed by atoms with van der Waals surface area (Å²) >= 11 is 0. The summed E-state index contributed by atoms with van der Waals surface area (Å²) in [4.78, 5) is 21.3. The van der Waals surface area contributed by atoms with Gasteiger partial charge in [-0.05, 0) is 12.1 Å². The van der Waals surface area contributed by atoms with E-state index in [1.54, 1.807) is 0 Å². The molecule has 0 aromatic heterocycles.